The van der Waals surface area contributed by atoms with Gasteiger partial charge in [-0.2, -0.15) is 0 Å². The SMILES string of the molecule is CCCCN(CC(=O)N(Cc1ccccc1)Cc1cccn1C)C(=O)c1ccc(C(C)(C)C)cc1. The van der Waals surface area contributed by atoms with Crippen LogP contribution in [0.15, 0.2) is 72.9 Å². The Bertz CT molecular complexity index is 1090. The molecule has 1 heterocycles. The van der Waals surface area contributed by atoms with Gasteiger partial charge in [0.15, 0.2) is 0 Å². The van der Waals surface area contributed by atoms with E-state index in [2.05, 4.69) is 27.7 Å². The van der Waals surface area contributed by atoms with Crippen LogP contribution in [0.3, 0.4) is 0 Å². The molecule has 0 aliphatic rings. The lowest BCUT2D eigenvalue weighted by molar-refractivity contribution is -0.133. The number of rotatable bonds is 10. The average molecular weight is 474 g/mol. The summed E-state index contributed by atoms with van der Waals surface area (Å²) in [5.41, 5.74) is 3.95. The fourth-order valence-corrected chi connectivity index (χ4v) is 4.05. The Morgan fingerprint density at radius 1 is 0.857 bits per heavy atom. The smallest absolute Gasteiger partial charge is 0.254 e. The van der Waals surface area contributed by atoms with Crippen molar-refractivity contribution in [3.05, 3.63) is 95.3 Å². The molecule has 0 atom stereocenters. The molecule has 0 N–H and O–H groups in total. The van der Waals surface area contributed by atoms with Crippen LogP contribution in [0, 0.1) is 0 Å². The largest absolute Gasteiger partial charge is 0.353 e. The number of amides is 2. The maximum atomic E-state index is 13.6. The summed E-state index contributed by atoms with van der Waals surface area (Å²) in [7, 11) is 1.98. The monoisotopic (exact) mass is 473 g/mol. The Hall–Kier alpha value is -3.34. The predicted octanol–water partition coefficient (Wildman–Crippen LogP) is 5.79. The zero-order chi connectivity index (χ0) is 25.4. The Morgan fingerprint density at radius 3 is 2.11 bits per heavy atom. The van der Waals surface area contributed by atoms with Crippen molar-refractivity contribution in [3.8, 4) is 0 Å². The van der Waals surface area contributed by atoms with Gasteiger partial charge in [-0.05, 0) is 47.2 Å². The molecule has 0 saturated heterocycles. The van der Waals surface area contributed by atoms with Gasteiger partial charge >= 0.3 is 0 Å². The second kappa shape index (κ2) is 11.9. The molecule has 0 bridgehead atoms. The normalized spacial score (nSPS) is 11.3. The first-order valence-electron chi connectivity index (χ1n) is 12.5. The van der Waals surface area contributed by atoms with Gasteiger partial charge in [0, 0.05) is 37.6 Å². The minimum Gasteiger partial charge on any atom is -0.353 e. The zero-order valence-electron chi connectivity index (χ0n) is 21.8. The second-order valence-electron chi connectivity index (χ2n) is 10.3. The van der Waals surface area contributed by atoms with Crippen molar-refractivity contribution < 1.29 is 9.59 Å². The summed E-state index contributed by atoms with van der Waals surface area (Å²) in [5.74, 6) is -0.142. The van der Waals surface area contributed by atoms with Crippen molar-refractivity contribution in [1.82, 2.24) is 14.4 Å². The number of carbonyl (C=O) groups excluding carboxylic acids is 2. The van der Waals surface area contributed by atoms with Gasteiger partial charge in [0.1, 0.15) is 6.54 Å². The van der Waals surface area contributed by atoms with E-state index in [-0.39, 0.29) is 23.8 Å². The van der Waals surface area contributed by atoms with Crippen molar-refractivity contribution in [2.75, 3.05) is 13.1 Å². The van der Waals surface area contributed by atoms with Crippen LogP contribution >= 0.6 is 0 Å². The van der Waals surface area contributed by atoms with Crippen LogP contribution in [-0.2, 0) is 30.3 Å². The summed E-state index contributed by atoms with van der Waals surface area (Å²) in [6.45, 7) is 10.2. The molecule has 5 nitrogen and oxygen atoms in total. The summed E-state index contributed by atoms with van der Waals surface area (Å²) < 4.78 is 2.03. The number of benzene rings is 2. The molecule has 0 aliphatic carbocycles. The lowest BCUT2D eigenvalue weighted by atomic mass is 9.86. The van der Waals surface area contributed by atoms with E-state index in [1.54, 1.807) is 4.90 Å². The fraction of sp³-hybridized carbons (Fsp3) is 0.400. The third kappa shape index (κ3) is 7.32. The molecule has 3 aromatic rings. The van der Waals surface area contributed by atoms with Crippen LogP contribution in [0.25, 0.3) is 0 Å². The molecule has 1 aromatic heterocycles. The molecular weight excluding hydrogens is 434 g/mol. The zero-order valence-corrected chi connectivity index (χ0v) is 21.8. The number of aromatic nitrogens is 1. The molecule has 0 spiro atoms. The summed E-state index contributed by atoms with van der Waals surface area (Å²) in [5, 5.41) is 0. The molecular formula is C30H39N3O2. The lowest BCUT2D eigenvalue weighted by Crippen LogP contribution is -2.43. The standard InChI is InChI=1S/C30H39N3O2/c1-6-7-20-32(29(35)25-15-17-26(18-16-25)30(2,3)4)23-28(34)33(21-24-12-9-8-10-13-24)22-27-14-11-19-31(27)5/h8-19H,6-7,20-23H2,1-5H3. The van der Waals surface area contributed by atoms with Crippen molar-refractivity contribution in [1.29, 1.82) is 0 Å². The van der Waals surface area contributed by atoms with Crippen LogP contribution in [0.2, 0.25) is 0 Å². The molecule has 3 rings (SSSR count). The van der Waals surface area contributed by atoms with Crippen LogP contribution < -0.4 is 0 Å². The molecule has 0 unspecified atom stereocenters. The van der Waals surface area contributed by atoms with E-state index in [9.17, 15) is 9.59 Å². The van der Waals surface area contributed by atoms with Gasteiger partial charge in [-0.25, -0.2) is 0 Å². The highest BCUT2D eigenvalue weighted by Gasteiger charge is 2.23. The summed E-state index contributed by atoms with van der Waals surface area (Å²) in [4.78, 5) is 30.6. The van der Waals surface area contributed by atoms with Gasteiger partial charge in [0.2, 0.25) is 5.91 Å². The van der Waals surface area contributed by atoms with E-state index in [1.807, 2.05) is 89.4 Å². The van der Waals surface area contributed by atoms with Crippen LogP contribution in [-0.4, -0.2) is 39.3 Å². The Labute approximate surface area is 210 Å². The lowest BCUT2D eigenvalue weighted by Gasteiger charge is -2.28. The number of aryl methyl sites for hydroxylation is 1. The van der Waals surface area contributed by atoms with Crippen molar-refractivity contribution in [2.45, 2.75) is 59.0 Å². The third-order valence-electron chi connectivity index (χ3n) is 6.37. The number of nitrogens with zero attached hydrogens (tertiary/aromatic N) is 3. The summed E-state index contributed by atoms with van der Waals surface area (Å²) in [6.07, 6.45) is 3.80. The number of carbonyl (C=O) groups is 2. The molecule has 186 valence electrons. The molecule has 2 amide bonds. The van der Waals surface area contributed by atoms with Crippen molar-refractivity contribution >= 4 is 11.8 Å². The minimum atomic E-state index is -0.0919. The van der Waals surface area contributed by atoms with Gasteiger partial charge in [-0.15, -0.1) is 0 Å². The molecule has 0 aliphatic heterocycles. The number of hydrogen-bond acceptors (Lipinski definition) is 2. The molecule has 0 saturated carbocycles. The first kappa shape index (κ1) is 26.3. The van der Waals surface area contributed by atoms with E-state index in [4.69, 9.17) is 0 Å². The second-order valence-corrected chi connectivity index (χ2v) is 10.3. The fourth-order valence-electron chi connectivity index (χ4n) is 4.05. The Morgan fingerprint density at radius 2 is 1.54 bits per heavy atom. The van der Waals surface area contributed by atoms with Gasteiger partial charge in [-0.1, -0.05) is 76.6 Å². The van der Waals surface area contributed by atoms with Crippen LogP contribution in [0.1, 0.15) is 67.7 Å². The predicted molar refractivity (Wildman–Crippen MR) is 142 cm³/mol. The molecule has 0 fully saturated rings. The first-order valence-corrected chi connectivity index (χ1v) is 12.5. The van der Waals surface area contributed by atoms with Crippen LogP contribution in [0.5, 0.6) is 0 Å². The van der Waals surface area contributed by atoms with Crippen LogP contribution in [0.4, 0.5) is 0 Å². The highest BCUT2D eigenvalue weighted by atomic mass is 16.2. The van der Waals surface area contributed by atoms with E-state index in [0.29, 0.717) is 25.2 Å². The maximum Gasteiger partial charge on any atom is 0.254 e. The minimum absolute atomic E-state index is 0.0221. The van der Waals surface area contributed by atoms with Gasteiger partial charge in [0.05, 0.1) is 6.54 Å². The van der Waals surface area contributed by atoms with E-state index in [0.717, 1.165) is 24.1 Å². The van der Waals surface area contributed by atoms with Gasteiger partial charge < -0.3 is 14.4 Å². The van der Waals surface area contributed by atoms with E-state index in [1.165, 1.54) is 5.56 Å². The van der Waals surface area contributed by atoms with Gasteiger partial charge in [-0.3, -0.25) is 9.59 Å². The Kier molecular flexibility index (Phi) is 8.91. The molecule has 5 heteroatoms. The van der Waals surface area contributed by atoms with Gasteiger partial charge in [0.25, 0.3) is 5.91 Å². The van der Waals surface area contributed by atoms with Crippen molar-refractivity contribution in [3.63, 3.8) is 0 Å². The number of unbranched alkanes of at least 4 members (excludes halogenated alkanes) is 1. The summed E-state index contributed by atoms with van der Waals surface area (Å²) in [6, 6.07) is 21.8. The third-order valence-corrected chi connectivity index (χ3v) is 6.37. The molecule has 0 radical (unpaired) electrons. The highest BCUT2D eigenvalue weighted by molar-refractivity contribution is 5.96. The van der Waals surface area contributed by atoms with Crippen molar-refractivity contribution in [2.24, 2.45) is 7.05 Å². The first-order chi connectivity index (χ1) is 16.7. The topological polar surface area (TPSA) is 45.6 Å². The highest BCUT2D eigenvalue weighted by Crippen LogP contribution is 2.23. The maximum absolute atomic E-state index is 13.6. The molecule has 35 heavy (non-hydrogen) atoms. The average Bonchev–Trinajstić information content (AvgIpc) is 3.25. The van der Waals surface area contributed by atoms with E-state index >= 15 is 0 Å². The summed E-state index contributed by atoms with van der Waals surface area (Å²) >= 11 is 0. The van der Waals surface area contributed by atoms with E-state index < -0.39 is 0 Å². The Balaban J connectivity index is 1.81. The molecule has 2 aromatic carbocycles. The number of hydrogen-bond donors (Lipinski definition) is 0. The quantitative estimate of drug-likeness (QED) is 0.374.